The second-order valence-electron chi connectivity index (χ2n) is 7.77. The van der Waals surface area contributed by atoms with Gasteiger partial charge in [0.25, 0.3) is 0 Å². The van der Waals surface area contributed by atoms with Gasteiger partial charge in [0.15, 0.2) is 0 Å². The summed E-state index contributed by atoms with van der Waals surface area (Å²) in [5, 5.41) is 16.2. The number of nitriles is 1. The third-order valence-corrected chi connectivity index (χ3v) is 6.49. The Labute approximate surface area is 220 Å². The number of carbonyl (C=O) groups excluding carboxylic acids is 2. The van der Waals surface area contributed by atoms with E-state index in [0.29, 0.717) is 10.7 Å². The van der Waals surface area contributed by atoms with Gasteiger partial charge in [0, 0.05) is 16.4 Å². The quantitative estimate of drug-likeness (QED) is 0.304. The van der Waals surface area contributed by atoms with Gasteiger partial charge < -0.3 is 15.4 Å². The van der Waals surface area contributed by atoms with E-state index in [1.54, 1.807) is 24.3 Å². The zero-order chi connectivity index (χ0) is 27.2. The van der Waals surface area contributed by atoms with Crippen molar-refractivity contribution in [1.82, 2.24) is 5.32 Å². The number of halogens is 4. The van der Waals surface area contributed by atoms with Crippen LogP contribution >= 0.6 is 23.4 Å². The van der Waals surface area contributed by atoms with E-state index in [4.69, 9.17) is 16.3 Å². The van der Waals surface area contributed by atoms with E-state index < -0.39 is 29.5 Å². The van der Waals surface area contributed by atoms with Crippen LogP contribution in [-0.4, -0.2) is 24.2 Å². The van der Waals surface area contributed by atoms with E-state index >= 15 is 0 Å². The van der Waals surface area contributed by atoms with Gasteiger partial charge in [-0.15, -0.1) is 0 Å². The van der Waals surface area contributed by atoms with Crippen LogP contribution in [0.2, 0.25) is 5.02 Å². The molecule has 1 aliphatic rings. The van der Waals surface area contributed by atoms with E-state index in [1.165, 1.54) is 31.2 Å². The molecule has 192 valence electrons. The lowest BCUT2D eigenvalue weighted by Crippen LogP contribution is -2.30. The summed E-state index contributed by atoms with van der Waals surface area (Å²) < 4.78 is 46.9. The summed E-state index contributed by atoms with van der Waals surface area (Å²) >= 11 is 6.86. The molecule has 1 heterocycles. The number of allylic oxidation sites excluding steroid dienone is 2. The Balaban J connectivity index is 2.01. The third kappa shape index (κ3) is 6.76. The van der Waals surface area contributed by atoms with Gasteiger partial charge in [0.05, 0.1) is 39.5 Å². The molecule has 1 amide bonds. The van der Waals surface area contributed by atoms with Crippen LogP contribution in [0.25, 0.3) is 0 Å². The fraction of sp³-hybridized carbons (Fsp3) is 0.192. The number of rotatable bonds is 8. The molecule has 11 heteroatoms. The number of hydrogen-bond donors (Lipinski definition) is 2. The van der Waals surface area contributed by atoms with E-state index in [-0.39, 0.29) is 39.8 Å². The average Bonchev–Trinajstić information content (AvgIpc) is 2.85. The summed E-state index contributed by atoms with van der Waals surface area (Å²) in [5.74, 6) is -2.86. The van der Waals surface area contributed by atoms with Gasteiger partial charge in [-0.2, -0.15) is 18.4 Å². The molecule has 1 aliphatic heterocycles. The summed E-state index contributed by atoms with van der Waals surface area (Å²) in [7, 11) is 0. The second kappa shape index (κ2) is 12.0. The minimum Gasteiger partial charge on any atom is -0.458 e. The van der Waals surface area contributed by atoms with Gasteiger partial charge >= 0.3 is 12.1 Å². The van der Waals surface area contributed by atoms with Gasteiger partial charge in [-0.1, -0.05) is 60.3 Å². The van der Waals surface area contributed by atoms with Crippen LogP contribution in [0, 0.1) is 11.3 Å². The van der Waals surface area contributed by atoms with Gasteiger partial charge in [-0.05, 0) is 36.8 Å². The van der Waals surface area contributed by atoms with Gasteiger partial charge in [-0.25, -0.2) is 4.79 Å². The van der Waals surface area contributed by atoms with Crippen LogP contribution in [0.1, 0.15) is 24.0 Å². The average molecular weight is 548 g/mol. The molecule has 0 radical (unpaired) electrons. The van der Waals surface area contributed by atoms with E-state index in [9.17, 15) is 28.0 Å². The van der Waals surface area contributed by atoms with Gasteiger partial charge in [-0.3, -0.25) is 4.79 Å². The van der Waals surface area contributed by atoms with Crippen molar-refractivity contribution < 1.29 is 27.5 Å². The first-order valence-electron chi connectivity index (χ1n) is 10.8. The maximum absolute atomic E-state index is 13.9. The fourth-order valence-electron chi connectivity index (χ4n) is 3.73. The lowest BCUT2D eigenvalue weighted by atomic mass is 9.80. The fourth-order valence-corrected chi connectivity index (χ4v) is 4.81. The predicted octanol–water partition coefficient (Wildman–Crippen LogP) is 6.16. The smallest absolute Gasteiger partial charge is 0.416 e. The molecule has 1 unspecified atom stereocenters. The van der Waals surface area contributed by atoms with Crippen LogP contribution in [0.15, 0.2) is 83.1 Å². The number of ether oxygens (including phenoxy) is 1. The van der Waals surface area contributed by atoms with Crippen LogP contribution in [0.3, 0.4) is 0 Å². The van der Waals surface area contributed by atoms with Gasteiger partial charge in [0.1, 0.15) is 6.61 Å². The highest BCUT2D eigenvalue weighted by Crippen LogP contribution is 2.45. The second-order valence-corrected chi connectivity index (χ2v) is 9.19. The van der Waals surface area contributed by atoms with Crippen LogP contribution < -0.4 is 10.6 Å². The summed E-state index contributed by atoms with van der Waals surface area (Å²) in [6.07, 6.45) is -3.42. The molecule has 0 bridgehead atoms. The molecule has 3 rings (SSSR count). The van der Waals surface area contributed by atoms with Crippen molar-refractivity contribution in [3.8, 4) is 6.07 Å². The molecular weight excluding hydrogens is 527 g/mol. The van der Waals surface area contributed by atoms with Crippen molar-refractivity contribution >= 4 is 40.9 Å². The van der Waals surface area contributed by atoms with Crippen LogP contribution in [0.5, 0.6) is 0 Å². The topological polar surface area (TPSA) is 91.2 Å². The Morgan fingerprint density at radius 1 is 1.27 bits per heavy atom. The third-order valence-electron chi connectivity index (χ3n) is 5.23. The largest absolute Gasteiger partial charge is 0.458 e. The number of esters is 1. The highest BCUT2D eigenvalue weighted by atomic mass is 35.5. The zero-order valence-electron chi connectivity index (χ0n) is 19.5. The number of anilines is 1. The zero-order valence-corrected chi connectivity index (χ0v) is 21.1. The normalized spacial score (nSPS) is 15.5. The Morgan fingerprint density at radius 3 is 2.65 bits per heavy atom. The molecule has 0 aliphatic carbocycles. The molecule has 2 N–H and O–H groups in total. The van der Waals surface area contributed by atoms with E-state index in [0.717, 1.165) is 17.8 Å². The van der Waals surface area contributed by atoms with Crippen molar-refractivity contribution in [2.75, 3.05) is 17.7 Å². The number of alkyl halides is 3. The van der Waals surface area contributed by atoms with E-state index in [1.807, 2.05) is 6.07 Å². The SMILES string of the molecule is C=CCOC(=O)C1=C(C)NC(SCC(=O)Nc2cccc(Cl)c2)=C(C#N)C1c1ccccc1C(F)(F)F. The van der Waals surface area contributed by atoms with Crippen LogP contribution in [0.4, 0.5) is 18.9 Å². The number of dihydropyridines is 1. The summed E-state index contributed by atoms with van der Waals surface area (Å²) in [4.78, 5) is 25.4. The lowest BCUT2D eigenvalue weighted by Gasteiger charge is -2.30. The van der Waals surface area contributed by atoms with Crippen molar-refractivity contribution in [3.05, 3.63) is 99.2 Å². The van der Waals surface area contributed by atoms with E-state index in [2.05, 4.69) is 17.2 Å². The first kappa shape index (κ1) is 27.9. The number of thioether (sulfide) groups is 1. The molecule has 0 aromatic heterocycles. The molecule has 1 atom stereocenters. The number of benzene rings is 2. The van der Waals surface area contributed by atoms with Crippen molar-refractivity contribution in [2.24, 2.45) is 0 Å². The highest BCUT2D eigenvalue weighted by Gasteiger charge is 2.41. The number of amides is 1. The molecule has 0 saturated heterocycles. The molecule has 0 spiro atoms. The first-order valence-corrected chi connectivity index (χ1v) is 12.2. The van der Waals surface area contributed by atoms with Gasteiger partial charge in [0.2, 0.25) is 5.91 Å². The van der Waals surface area contributed by atoms with Crippen molar-refractivity contribution in [2.45, 2.75) is 19.0 Å². The highest BCUT2D eigenvalue weighted by molar-refractivity contribution is 8.03. The lowest BCUT2D eigenvalue weighted by molar-refractivity contribution is -0.140. The summed E-state index contributed by atoms with van der Waals surface area (Å²) in [6, 6.07) is 13.2. The Bertz CT molecular complexity index is 1330. The molecule has 0 fully saturated rings. The summed E-state index contributed by atoms with van der Waals surface area (Å²) in [5.41, 5.74) is -0.882. The Morgan fingerprint density at radius 2 is 2.00 bits per heavy atom. The number of nitrogens with zero attached hydrogens (tertiary/aromatic N) is 1. The van der Waals surface area contributed by atoms with Crippen molar-refractivity contribution in [3.63, 3.8) is 0 Å². The first-order chi connectivity index (χ1) is 17.6. The Hall–Kier alpha value is -3.68. The van der Waals surface area contributed by atoms with Crippen LogP contribution in [-0.2, 0) is 20.5 Å². The molecule has 37 heavy (non-hydrogen) atoms. The molecule has 2 aromatic rings. The maximum atomic E-state index is 13.9. The number of carbonyl (C=O) groups is 2. The molecule has 2 aromatic carbocycles. The molecular formula is C26H21ClF3N3O3S. The van der Waals surface area contributed by atoms with Crippen molar-refractivity contribution in [1.29, 1.82) is 5.26 Å². The molecule has 6 nitrogen and oxygen atoms in total. The monoisotopic (exact) mass is 547 g/mol. The predicted molar refractivity (Wildman–Crippen MR) is 136 cm³/mol. The molecule has 0 saturated carbocycles. The number of nitrogens with one attached hydrogen (secondary N) is 2. The standard InChI is InChI=1S/C26H21ClF3N3O3S/c1-3-11-36-25(35)22-15(2)32-24(37-14-21(34)33-17-8-6-7-16(27)12-17)19(13-31)23(22)18-9-4-5-10-20(18)26(28,29)30/h3-10,12,23,32H,1,11,14H2,2H3,(H,33,34). The minimum atomic E-state index is -4.74. The number of hydrogen-bond acceptors (Lipinski definition) is 6. The maximum Gasteiger partial charge on any atom is 0.416 e. The Kier molecular flexibility index (Phi) is 9.08. The minimum absolute atomic E-state index is 0.136. The summed E-state index contributed by atoms with van der Waals surface area (Å²) in [6.45, 7) is 4.80.